The summed E-state index contributed by atoms with van der Waals surface area (Å²) in [7, 11) is 2.10. The topological polar surface area (TPSA) is 28.2 Å². The maximum absolute atomic E-state index is 4.53. The standard InChI is InChI=1S/C17H25N3S/c1-13(2)9-18-10-16-11-19-17(21-16)20(4)12-15-7-5-14(3)6-8-15/h5-8,11,13,18H,9-10,12H2,1-4H3. The van der Waals surface area contributed by atoms with Crippen LogP contribution in [0.15, 0.2) is 30.5 Å². The number of nitrogens with zero attached hydrogens (tertiary/aromatic N) is 2. The number of hydrogen-bond acceptors (Lipinski definition) is 4. The number of nitrogens with one attached hydrogen (secondary N) is 1. The molecule has 0 bridgehead atoms. The second-order valence-electron chi connectivity index (χ2n) is 5.98. The largest absolute Gasteiger partial charge is 0.347 e. The molecule has 1 heterocycles. The zero-order valence-corrected chi connectivity index (χ0v) is 14.2. The highest BCUT2D eigenvalue weighted by Crippen LogP contribution is 2.23. The Hall–Kier alpha value is -1.39. The van der Waals surface area contributed by atoms with Crippen molar-refractivity contribution in [2.24, 2.45) is 5.92 Å². The van der Waals surface area contributed by atoms with Crippen LogP contribution in [0, 0.1) is 12.8 Å². The smallest absolute Gasteiger partial charge is 0.185 e. The van der Waals surface area contributed by atoms with Crippen molar-refractivity contribution in [2.45, 2.75) is 33.9 Å². The van der Waals surface area contributed by atoms with Gasteiger partial charge in [-0.05, 0) is 24.9 Å². The molecule has 0 spiro atoms. The molecular formula is C17H25N3S. The number of thiazole rings is 1. The molecule has 0 radical (unpaired) electrons. The predicted molar refractivity (Wildman–Crippen MR) is 91.9 cm³/mol. The summed E-state index contributed by atoms with van der Waals surface area (Å²) in [6, 6.07) is 8.69. The van der Waals surface area contributed by atoms with Gasteiger partial charge in [0.2, 0.25) is 0 Å². The molecule has 4 heteroatoms. The van der Waals surface area contributed by atoms with Crippen LogP contribution in [0.3, 0.4) is 0 Å². The zero-order chi connectivity index (χ0) is 15.2. The first-order valence-electron chi connectivity index (χ1n) is 7.46. The average molecular weight is 303 g/mol. The Bertz CT molecular complexity index is 545. The van der Waals surface area contributed by atoms with Gasteiger partial charge in [-0.25, -0.2) is 4.98 Å². The van der Waals surface area contributed by atoms with Crippen LogP contribution in [0.5, 0.6) is 0 Å². The molecule has 0 unspecified atom stereocenters. The first-order valence-corrected chi connectivity index (χ1v) is 8.28. The third-order valence-corrected chi connectivity index (χ3v) is 4.37. The second-order valence-corrected chi connectivity index (χ2v) is 7.07. The predicted octanol–water partition coefficient (Wildman–Crippen LogP) is 3.83. The summed E-state index contributed by atoms with van der Waals surface area (Å²) in [6.07, 6.45) is 1.99. The summed E-state index contributed by atoms with van der Waals surface area (Å²) in [5.41, 5.74) is 2.62. The van der Waals surface area contributed by atoms with Crippen molar-refractivity contribution in [3.8, 4) is 0 Å². The van der Waals surface area contributed by atoms with Gasteiger partial charge in [-0.2, -0.15) is 0 Å². The van der Waals surface area contributed by atoms with Gasteiger partial charge >= 0.3 is 0 Å². The van der Waals surface area contributed by atoms with Gasteiger partial charge in [0.05, 0.1) is 0 Å². The minimum Gasteiger partial charge on any atom is -0.347 e. The van der Waals surface area contributed by atoms with E-state index in [1.54, 1.807) is 11.3 Å². The van der Waals surface area contributed by atoms with Crippen LogP contribution in [-0.4, -0.2) is 18.6 Å². The highest BCUT2D eigenvalue weighted by molar-refractivity contribution is 7.15. The molecule has 21 heavy (non-hydrogen) atoms. The van der Waals surface area contributed by atoms with E-state index in [1.165, 1.54) is 16.0 Å². The first-order chi connectivity index (χ1) is 10.0. The lowest BCUT2D eigenvalue weighted by Gasteiger charge is -2.15. The van der Waals surface area contributed by atoms with E-state index in [1.807, 2.05) is 6.20 Å². The number of rotatable bonds is 7. The fourth-order valence-electron chi connectivity index (χ4n) is 2.07. The van der Waals surface area contributed by atoms with Gasteiger partial charge < -0.3 is 10.2 Å². The monoisotopic (exact) mass is 303 g/mol. The van der Waals surface area contributed by atoms with Crippen molar-refractivity contribution in [3.63, 3.8) is 0 Å². The number of benzene rings is 1. The van der Waals surface area contributed by atoms with Crippen molar-refractivity contribution in [3.05, 3.63) is 46.5 Å². The normalized spacial score (nSPS) is 11.1. The van der Waals surface area contributed by atoms with Gasteiger partial charge in [0, 0.05) is 31.2 Å². The fourth-order valence-corrected chi connectivity index (χ4v) is 2.91. The van der Waals surface area contributed by atoms with Crippen molar-refractivity contribution < 1.29 is 0 Å². The van der Waals surface area contributed by atoms with E-state index in [-0.39, 0.29) is 0 Å². The summed E-state index contributed by atoms with van der Waals surface area (Å²) < 4.78 is 0. The van der Waals surface area contributed by atoms with Crippen LogP contribution < -0.4 is 10.2 Å². The third kappa shape index (κ3) is 5.14. The molecule has 0 aliphatic carbocycles. The van der Waals surface area contributed by atoms with Crippen molar-refractivity contribution >= 4 is 16.5 Å². The fraction of sp³-hybridized carbons (Fsp3) is 0.471. The quantitative estimate of drug-likeness (QED) is 0.842. The van der Waals surface area contributed by atoms with Crippen LogP contribution in [0.2, 0.25) is 0 Å². The van der Waals surface area contributed by atoms with Crippen molar-refractivity contribution in [1.82, 2.24) is 10.3 Å². The molecule has 2 rings (SSSR count). The molecule has 0 amide bonds. The van der Waals surface area contributed by atoms with E-state index < -0.39 is 0 Å². The molecule has 1 aromatic heterocycles. The molecule has 0 aliphatic rings. The molecular weight excluding hydrogens is 278 g/mol. The van der Waals surface area contributed by atoms with Crippen LogP contribution in [-0.2, 0) is 13.1 Å². The summed E-state index contributed by atoms with van der Waals surface area (Å²) in [6.45, 7) is 9.42. The van der Waals surface area contributed by atoms with Crippen LogP contribution >= 0.6 is 11.3 Å². The summed E-state index contributed by atoms with van der Waals surface area (Å²) >= 11 is 1.77. The number of aromatic nitrogens is 1. The summed E-state index contributed by atoms with van der Waals surface area (Å²) in [5, 5.41) is 4.54. The number of anilines is 1. The Morgan fingerprint density at radius 1 is 1.24 bits per heavy atom. The first kappa shape index (κ1) is 16.0. The zero-order valence-electron chi connectivity index (χ0n) is 13.4. The Morgan fingerprint density at radius 2 is 1.95 bits per heavy atom. The molecule has 3 nitrogen and oxygen atoms in total. The third-order valence-electron chi connectivity index (χ3n) is 3.26. The highest BCUT2D eigenvalue weighted by Gasteiger charge is 2.08. The molecule has 0 atom stereocenters. The van der Waals surface area contributed by atoms with E-state index in [9.17, 15) is 0 Å². The average Bonchev–Trinajstić information content (AvgIpc) is 2.90. The Kier molecular flexibility index (Phi) is 5.76. The molecule has 1 N–H and O–H groups in total. The van der Waals surface area contributed by atoms with Crippen LogP contribution in [0.25, 0.3) is 0 Å². The number of aryl methyl sites for hydroxylation is 1. The lowest BCUT2D eigenvalue weighted by atomic mass is 10.1. The second kappa shape index (κ2) is 7.57. The van der Waals surface area contributed by atoms with E-state index in [0.717, 1.165) is 24.8 Å². The minimum atomic E-state index is 0.682. The van der Waals surface area contributed by atoms with Gasteiger partial charge in [0.25, 0.3) is 0 Å². The highest BCUT2D eigenvalue weighted by atomic mass is 32.1. The summed E-state index contributed by atoms with van der Waals surface area (Å²) in [5.74, 6) is 0.682. The molecule has 0 aliphatic heterocycles. The molecule has 1 aromatic carbocycles. The van der Waals surface area contributed by atoms with Crippen molar-refractivity contribution in [1.29, 1.82) is 0 Å². The van der Waals surface area contributed by atoms with Gasteiger partial charge in [0.1, 0.15) is 0 Å². The molecule has 0 fully saturated rings. The van der Waals surface area contributed by atoms with Crippen LogP contribution in [0.4, 0.5) is 5.13 Å². The van der Waals surface area contributed by atoms with E-state index in [0.29, 0.717) is 5.92 Å². The maximum Gasteiger partial charge on any atom is 0.185 e. The Morgan fingerprint density at radius 3 is 2.62 bits per heavy atom. The molecule has 2 aromatic rings. The molecule has 0 saturated carbocycles. The molecule has 114 valence electrons. The van der Waals surface area contributed by atoms with Gasteiger partial charge in [0.15, 0.2) is 5.13 Å². The van der Waals surface area contributed by atoms with Crippen LogP contribution in [0.1, 0.15) is 29.9 Å². The molecule has 0 saturated heterocycles. The lowest BCUT2D eigenvalue weighted by Crippen LogP contribution is -2.18. The van der Waals surface area contributed by atoms with E-state index in [4.69, 9.17) is 0 Å². The van der Waals surface area contributed by atoms with Gasteiger partial charge in [-0.1, -0.05) is 43.7 Å². The maximum atomic E-state index is 4.53. The number of hydrogen-bond donors (Lipinski definition) is 1. The van der Waals surface area contributed by atoms with Crippen molar-refractivity contribution in [2.75, 3.05) is 18.5 Å². The van der Waals surface area contributed by atoms with E-state index in [2.05, 4.69) is 67.3 Å². The lowest BCUT2D eigenvalue weighted by molar-refractivity contribution is 0.554. The SMILES string of the molecule is Cc1ccc(CN(C)c2ncc(CNCC(C)C)s2)cc1. The summed E-state index contributed by atoms with van der Waals surface area (Å²) in [4.78, 5) is 8.03. The Balaban J connectivity index is 1.89. The van der Waals surface area contributed by atoms with Gasteiger partial charge in [-0.15, -0.1) is 11.3 Å². The van der Waals surface area contributed by atoms with E-state index >= 15 is 0 Å². The minimum absolute atomic E-state index is 0.682. The van der Waals surface area contributed by atoms with Gasteiger partial charge in [-0.3, -0.25) is 0 Å². The Labute approximate surface area is 132 Å².